The molecule has 0 radical (unpaired) electrons. The average Bonchev–Trinajstić information content (AvgIpc) is 2.38. The molecule has 0 aliphatic rings. The highest BCUT2D eigenvalue weighted by molar-refractivity contribution is 7.99. The summed E-state index contributed by atoms with van der Waals surface area (Å²) in [6.07, 6.45) is 3.63. The lowest BCUT2D eigenvalue weighted by molar-refractivity contribution is 0.510. The molecule has 0 saturated carbocycles. The van der Waals surface area contributed by atoms with Crippen LogP contribution in [-0.4, -0.2) is 28.3 Å². The van der Waals surface area contributed by atoms with Crippen molar-refractivity contribution in [3.8, 4) is 0 Å². The van der Waals surface area contributed by atoms with Gasteiger partial charge in [-0.25, -0.2) is 9.97 Å². The van der Waals surface area contributed by atoms with Gasteiger partial charge in [-0.05, 0) is 59.1 Å². The second kappa shape index (κ2) is 8.54. The summed E-state index contributed by atoms with van der Waals surface area (Å²) in [4.78, 5) is 9.07. The molecular weight excluding hydrogens is 254 g/mol. The molecule has 4 heteroatoms. The Morgan fingerprint density at radius 3 is 2.37 bits per heavy atom. The minimum absolute atomic E-state index is 0.614. The normalized spacial score (nSPS) is 12.7. The first kappa shape index (κ1) is 16.4. The lowest BCUT2D eigenvalue weighted by Gasteiger charge is -2.12. The number of nitrogens with zero attached hydrogens (tertiary/aromatic N) is 2. The molecule has 1 aromatic rings. The molecule has 1 atom stereocenters. The number of hydrogen-bond donors (Lipinski definition) is 1. The van der Waals surface area contributed by atoms with Crippen molar-refractivity contribution < 1.29 is 0 Å². The van der Waals surface area contributed by atoms with Gasteiger partial charge in [0.15, 0.2) is 5.16 Å². The van der Waals surface area contributed by atoms with Crippen LogP contribution < -0.4 is 5.32 Å². The fraction of sp³-hybridized carbons (Fsp3) is 0.733. The zero-order valence-corrected chi connectivity index (χ0v) is 13.7. The highest BCUT2D eigenvalue weighted by Crippen LogP contribution is 2.18. The van der Waals surface area contributed by atoms with Crippen molar-refractivity contribution in [1.29, 1.82) is 0 Å². The lowest BCUT2D eigenvalue weighted by Crippen LogP contribution is -2.26. The molecule has 3 nitrogen and oxygen atoms in total. The molecule has 0 saturated heterocycles. The minimum Gasteiger partial charge on any atom is -0.314 e. The van der Waals surface area contributed by atoms with E-state index in [1.807, 2.05) is 0 Å². The lowest BCUT2D eigenvalue weighted by atomic mass is 10.2. The molecule has 0 bridgehead atoms. The monoisotopic (exact) mass is 281 g/mol. The number of aryl methyl sites for hydroxylation is 2. The smallest absolute Gasteiger partial charge is 0.187 e. The zero-order valence-electron chi connectivity index (χ0n) is 12.9. The Kier molecular flexibility index (Phi) is 7.39. The van der Waals surface area contributed by atoms with Crippen molar-refractivity contribution in [2.24, 2.45) is 0 Å². The predicted octanol–water partition coefficient (Wildman–Crippen LogP) is 3.66. The second-order valence-corrected chi connectivity index (χ2v) is 6.21. The van der Waals surface area contributed by atoms with Crippen molar-refractivity contribution >= 4 is 11.8 Å². The third-order valence-electron chi connectivity index (χ3n) is 3.37. The molecule has 1 rings (SSSR count). The van der Waals surface area contributed by atoms with E-state index in [2.05, 4.69) is 49.9 Å². The average molecular weight is 281 g/mol. The van der Waals surface area contributed by atoms with Gasteiger partial charge in [-0.3, -0.25) is 0 Å². The molecular formula is C15H27N3S. The third kappa shape index (κ3) is 5.91. The van der Waals surface area contributed by atoms with E-state index in [-0.39, 0.29) is 0 Å². The van der Waals surface area contributed by atoms with Gasteiger partial charge in [-0.15, -0.1) is 0 Å². The first-order chi connectivity index (χ1) is 9.04. The number of nitrogens with one attached hydrogen (secondary N) is 1. The third-order valence-corrected chi connectivity index (χ3v) is 4.30. The van der Waals surface area contributed by atoms with Gasteiger partial charge in [0.2, 0.25) is 0 Å². The molecule has 0 aromatic carbocycles. The second-order valence-electron chi connectivity index (χ2n) is 5.15. The standard InChI is InChI=1S/C15H27N3S/c1-6-9-16-11(2)8-7-10-19-15-17-13(4)12(3)14(5)18-15/h11,16H,6-10H2,1-5H3. The largest absolute Gasteiger partial charge is 0.314 e. The van der Waals surface area contributed by atoms with Crippen molar-refractivity contribution in [1.82, 2.24) is 15.3 Å². The Hall–Kier alpha value is -0.610. The predicted molar refractivity (Wildman–Crippen MR) is 84.0 cm³/mol. The Balaban J connectivity index is 2.30. The van der Waals surface area contributed by atoms with E-state index >= 15 is 0 Å². The summed E-state index contributed by atoms with van der Waals surface area (Å²) >= 11 is 1.77. The van der Waals surface area contributed by atoms with Crippen LogP contribution in [0.1, 0.15) is 50.1 Å². The summed E-state index contributed by atoms with van der Waals surface area (Å²) in [5.74, 6) is 1.10. The quantitative estimate of drug-likeness (QED) is 0.448. The van der Waals surface area contributed by atoms with Gasteiger partial charge in [0.25, 0.3) is 0 Å². The van der Waals surface area contributed by atoms with Crippen LogP contribution in [0, 0.1) is 20.8 Å². The molecule has 1 N–H and O–H groups in total. The fourth-order valence-corrected chi connectivity index (χ4v) is 2.75. The van der Waals surface area contributed by atoms with Crippen LogP contribution in [0.5, 0.6) is 0 Å². The summed E-state index contributed by atoms with van der Waals surface area (Å²) in [5.41, 5.74) is 3.42. The Morgan fingerprint density at radius 1 is 1.16 bits per heavy atom. The van der Waals surface area contributed by atoms with E-state index in [0.717, 1.165) is 28.8 Å². The van der Waals surface area contributed by atoms with Crippen LogP contribution in [0.2, 0.25) is 0 Å². The molecule has 0 aliphatic carbocycles. The van der Waals surface area contributed by atoms with Crippen LogP contribution >= 0.6 is 11.8 Å². The van der Waals surface area contributed by atoms with Gasteiger partial charge in [0.1, 0.15) is 0 Å². The maximum atomic E-state index is 4.54. The van der Waals surface area contributed by atoms with Crippen LogP contribution in [-0.2, 0) is 0 Å². The van der Waals surface area contributed by atoms with Crippen molar-refractivity contribution in [3.05, 3.63) is 17.0 Å². The van der Waals surface area contributed by atoms with E-state index in [4.69, 9.17) is 0 Å². The first-order valence-corrected chi connectivity index (χ1v) is 8.21. The molecule has 0 aliphatic heterocycles. The maximum absolute atomic E-state index is 4.54. The van der Waals surface area contributed by atoms with E-state index in [1.165, 1.54) is 24.8 Å². The van der Waals surface area contributed by atoms with Crippen molar-refractivity contribution in [2.75, 3.05) is 12.3 Å². The van der Waals surface area contributed by atoms with Gasteiger partial charge in [0.05, 0.1) is 0 Å². The molecule has 0 spiro atoms. The van der Waals surface area contributed by atoms with E-state index in [9.17, 15) is 0 Å². The number of aromatic nitrogens is 2. The molecule has 108 valence electrons. The molecule has 19 heavy (non-hydrogen) atoms. The molecule has 1 heterocycles. The molecule has 1 aromatic heterocycles. The highest BCUT2D eigenvalue weighted by atomic mass is 32.2. The SMILES string of the molecule is CCCNC(C)CCCSc1nc(C)c(C)c(C)n1. The van der Waals surface area contributed by atoms with E-state index < -0.39 is 0 Å². The van der Waals surface area contributed by atoms with Crippen LogP contribution in [0.15, 0.2) is 5.16 Å². The summed E-state index contributed by atoms with van der Waals surface area (Å²) in [6, 6.07) is 0.614. The van der Waals surface area contributed by atoms with Gasteiger partial charge in [0, 0.05) is 23.2 Å². The molecule has 0 fully saturated rings. The Bertz CT molecular complexity index is 370. The number of thioether (sulfide) groups is 1. The summed E-state index contributed by atoms with van der Waals surface area (Å²) in [7, 11) is 0. The van der Waals surface area contributed by atoms with Gasteiger partial charge >= 0.3 is 0 Å². The summed E-state index contributed by atoms with van der Waals surface area (Å²) in [6.45, 7) is 11.8. The number of rotatable bonds is 8. The van der Waals surface area contributed by atoms with Gasteiger partial charge in [-0.2, -0.15) is 0 Å². The van der Waals surface area contributed by atoms with E-state index in [1.54, 1.807) is 11.8 Å². The molecule has 1 unspecified atom stereocenters. The van der Waals surface area contributed by atoms with Gasteiger partial charge < -0.3 is 5.32 Å². The molecule has 0 amide bonds. The maximum Gasteiger partial charge on any atom is 0.187 e. The van der Waals surface area contributed by atoms with Gasteiger partial charge in [-0.1, -0.05) is 18.7 Å². The summed E-state index contributed by atoms with van der Waals surface area (Å²) in [5, 5.41) is 4.44. The summed E-state index contributed by atoms with van der Waals surface area (Å²) < 4.78 is 0. The van der Waals surface area contributed by atoms with Crippen LogP contribution in [0.25, 0.3) is 0 Å². The van der Waals surface area contributed by atoms with Crippen molar-refractivity contribution in [2.45, 2.75) is 65.1 Å². The fourth-order valence-electron chi connectivity index (χ4n) is 1.85. The Morgan fingerprint density at radius 2 is 1.79 bits per heavy atom. The van der Waals surface area contributed by atoms with E-state index in [0.29, 0.717) is 6.04 Å². The van der Waals surface area contributed by atoms with Crippen LogP contribution in [0.3, 0.4) is 0 Å². The Labute approximate surface area is 122 Å². The van der Waals surface area contributed by atoms with Crippen molar-refractivity contribution in [3.63, 3.8) is 0 Å². The zero-order chi connectivity index (χ0) is 14.3. The first-order valence-electron chi connectivity index (χ1n) is 7.22. The minimum atomic E-state index is 0.614. The topological polar surface area (TPSA) is 37.8 Å². The highest BCUT2D eigenvalue weighted by Gasteiger charge is 2.05. The van der Waals surface area contributed by atoms with Crippen LogP contribution in [0.4, 0.5) is 0 Å². The number of hydrogen-bond acceptors (Lipinski definition) is 4.